The summed E-state index contributed by atoms with van der Waals surface area (Å²) < 4.78 is 23.8. The van der Waals surface area contributed by atoms with E-state index in [9.17, 15) is 19.1 Å². The molecule has 0 aliphatic heterocycles. The van der Waals surface area contributed by atoms with Crippen molar-refractivity contribution in [3.8, 4) is 11.5 Å². The zero-order valence-electron chi connectivity index (χ0n) is 14.3. The van der Waals surface area contributed by atoms with Crippen LogP contribution in [0.15, 0.2) is 30.3 Å². The van der Waals surface area contributed by atoms with Gasteiger partial charge in [-0.2, -0.15) is 0 Å². The van der Waals surface area contributed by atoms with Gasteiger partial charge in [0.2, 0.25) is 5.91 Å². The van der Waals surface area contributed by atoms with Crippen LogP contribution in [0.2, 0.25) is 0 Å². The van der Waals surface area contributed by atoms with Crippen molar-refractivity contribution in [3.05, 3.63) is 52.8 Å². The first-order chi connectivity index (χ1) is 12.4. The molecule has 1 amide bonds. The minimum atomic E-state index is -1.15. The molecule has 2 aromatic rings. The van der Waals surface area contributed by atoms with Crippen molar-refractivity contribution in [1.82, 2.24) is 0 Å². The first-order valence-corrected chi connectivity index (χ1v) is 8.03. The van der Waals surface area contributed by atoms with Crippen LogP contribution >= 0.6 is 0 Å². The minimum absolute atomic E-state index is 0.0353. The smallest absolute Gasteiger partial charge is 0.335 e. The van der Waals surface area contributed by atoms with Crippen LogP contribution in [-0.4, -0.2) is 31.2 Å². The zero-order chi connectivity index (χ0) is 18.8. The highest BCUT2D eigenvalue weighted by atomic mass is 19.1. The van der Waals surface area contributed by atoms with E-state index in [4.69, 9.17) is 9.47 Å². The van der Waals surface area contributed by atoms with Crippen LogP contribution in [0.3, 0.4) is 0 Å². The molecule has 0 fully saturated rings. The average Bonchev–Trinajstić information content (AvgIpc) is 3.03. The van der Waals surface area contributed by atoms with Gasteiger partial charge in [-0.25, -0.2) is 9.18 Å². The van der Waals surface area contributed by atoms with Crippen LogP contribution in [0, 0.1) is 5.82 Å². The summed E-state index contributed by atoms with van der Waals surface area (Å²) in [5.41, 5.74) is 1.77. The Morgan fingerprint density at radius 1 is 1.19 bits per heavy atom. The third kappa shape index (κ3) is 3.20. The van der Waals surface area contributed by atoms with Crippen LogP contribution in [-0.2, 0) is 11.2 Å². The van der Waals surface area contributed by atoms with Gasteiger partial charge in [0.1, 0.15) is 5.82 Å². The molecule has 3 rings (SSSR count). The Kier molecular flexibility index (Phi) is 4.79. The zero-order valence-corrected chi connectivity index (χ0v) is 14.3. The second-order valence-corrected chi connectivity index (χ2v) is 5.99. The number of benzene rings is 2. The molecule has 1 atom stereocenters. The lowest BCUT2D eigenvalue weighted by atomic mass is 10.00. The molecule has 26 heavy (non-hydrogen) atoms. The van der Waals surface area contributed by atoms with E-state index < -0.39 is 11.9 Å². The molecule has 0 saturated heterocycles. The molecule has 0 heterocycles. The van der Waals surface area contributed by atoms with Crippen molar-refractivity contribution in [2.75, 3.05) is 19.5 Å². The van der Waals surface area contributed by atoms with Crippen molar-refractivity contribution in [3.63, 3.8) is 0 Å². The van der Waals surface area contributed by atoms with Crippen molar-refractivity contribution < 1.29 is 28.6 Å². The van der Waals surface area contributed by atoms with Gasteiger partial charge in [-0.15, -0.1) is 0 Å². The number of hydrogen-bond donors (Lipinski definition) is 2. The number of methoxy groups -OCH3 is 2. The Morgan fingerprint density at radius 2 is 1.96 bits per heavy atom. The summed E-state index contributed by atoms with van der Waals surface area (Å²) in [6.07, 6.45) is 1.17. The van der Waals surface area contributed by atoms with E-state index in [1.807, 2.05) is 0 Å². The Balaban J connectivity index is 1.93. The van der Waals surface area contributed by atoms with Crippen LogP contribution < -0.4 is 14.8 Å². The third-order valence-electron chi connectivity index (χ3n) is 4.48. The summed E-state index contributed by atoms with van der Waals surface area (Å²) in [7, 11) is 2.79. The Bertz CT molecular complexity index is 880. The Morgan fingerprint density at radius 3 is 2.62 bits per heavy atom. The largest absolute Gasteiger partial charge is 0.493 e. The molecule has 0 radical (unpaired) electrons. The number of carbonyl (C=O) groups excluding carboxylic acids is 1. The number of aromatic carboxylic acids is 1. The molecule has 6 nitrogen and oxygen atoms in total. The van der Waals surface area contributed by atoms with Gasteiger partial charge in [0.15, 0.2) is 11.5 Å². The molecule has 1 aliphatic rings. The van der Waals surface area contributed by atoms with E-state index in [0.717, 1.165) is 11.1 Å². The van der Waals surface area contributed by atoms with E-state index >= 15 is 0 Å². The number of anilines is 1. The first kappa shape index (κ1) is 17.7. The summed E-state index contributed by atoms with van der Waals surface area (Å²) in [5.74, 6) is -1.78. The molecule has 2 N–H and O–H groups in total. The molecule has 7 heteroatoms. The van der Waals surface area contributed by atoms with E-state index in [-0.39, 0.29) is 34.5 Å². The number of halogens is 1. The predicted molar refractivity (Wildman–Crippen MR) is 92.6 cm³/mol. The molecule has 136 valence electrons. The topological polar surface area (TPSA) is 84.9 Å². The van der Waals surface area contributed by atoms with Gasteiger partial charge >= 0.3 is 5.97 Å². The maximum absolute atomic E-state index is 13.4. The molecule has 0 saturated carbocycles. The summed E-state index contributed by atoms with van der Waals surface area (Å²) in [5, 5.41) is 12.0. The van der Waals surface area contributed by atoms with Crippen LogP contribution in [0.5, 0.6) is 11.5 Å². The van der Waals surface area contributed by atoms with Crippen LogP contribution in [0.4, 0.5) is 10.1 Å². The quantitative estimate of drug-likeness (QED) is 0.856. The maximum atomic E-state index is 13.4. The fourth-order valence-corrected chi connectivity index (χ4v) is 3.26. The molecule has 0 spiro atoms. The maximum Gasteiger partial charge on any atom is 0.335 e. The van der Waals surface area contributed by atoms with E-state index in [2.05, 4.69) is 5.32 Å². The van der Waals surface area contributed by atoms with E-state index in [0.29, 0.717) is 12.8 Å². The first-order valence-electron chi connectivity index (χ1n) is 8.03. The minimum Gasteiger partial charge on any atom is -0.493 e. The summed E-state index contributed by atoms with van der Waals surface area (Å²) in [4.78, 5) is 24.1. The van der Waals surface area contributed by atoms with Gasteiger partial charge in [0, 0.05) is 0 Å². The highest BCUT2D eigenvalue weighted by Gasteiger charge is 2.30. The summed E-state index contributed by atoms with van der Waals surface area (Å²) in [6, 6.07) is 7.04. The number of amides is 1. The molecule has 0 aromatic heterocycles. The number of carboxylic acids is 1. The SMILES string of the molecule is COc1cc(C(=O)O)cc(NC(=O)C2CCc3cc(F)ccc32)c1OC. The van der Waals surface area contributed by atoms with Crippen LogP contribution in [0.25, 0.3) is 0 Å². The van der Waals surface area contributed by atoms with Crippen molar-refractivity contribution >= 4 is 17.6 Å². The number of carboxylic acid groups (broad SMARTS) is 1. The Labute approximate surface area is 149 Å². The van der Waals surface area contributed by atoms with Gasteiger partial charge in [-0.05, 0) is 48.2 Å². The van der Waals surface area contributed by atoms with Gasteiger partial charge in [-0.3, -0.25) is 4.79 Å². The van der Waals surface area contributed by atoms with E-state index in [1.54, 1.807) is 6.07 Å². The number of ether oxygens (including phenoxy) is 2. The molecule has 2 aromatic carbocycles. The van der Waals surface area contributed by atoms with E-state index in [1.165, 1.54) is 38.5 Å². The Hall–Kier alpha value is -3.09. The molecule has 1 aliphatic carbocycles. The van der Waals surface area contributed by atoms with Crippen molar-refractivity contribution in [2.45, 2.75) is 18.8 Å². The monoisotopic (exact) mass is 359 g/mol. The number of rotatable bonds is 5. The van der Waals surface area contributed by atoms with Gasteiger partial charge < -0.3 is 19.9 Å². The van der Waals surface area contributed by atoms with Gasteiger partial charge in [-0.1, -0.05) is 6.07 Å². The number of aryl methyl sites for hydroxylation is 1. The highest BCUT2D eigenvalue weighted by Crippen LogP contribution is 2.39. The lowest BCUT2D eigenvalue weighted by Crippen LogP contribution is -2.20. The summed E-state index contributed by atoms with van der Waals surface area (Å²) >= 11 is 0. The molecule has 1 unspecified atom stereocenters. The second kappa shape index (κ2) is 7.03. The van der Waals surface area contributed by atoms with Crippen molar-refractivity contribution in [2.24, 2.45) is 0 Å². The number of nitrogens with one attached hydrogen (secondary N) is 1. The normalized spacial score (nSPS) is 15.3. The number of fused-ring (bicyclic) bond motifs is 1. The number of hydrogen-bond acceptors (Lipinski definition) is 4. The van der Waals surface area contributed by atoms with Gasteiger partial charge in [0.25, 0.3) is 0 Å². The molecular formula is C19H18FNO5. The highest BCUT2D eigenvalue weighted by molar-refractivity contribution is 6.00. The standard InChI is InChI=1S/C19H18FNO5/c1-25-16-9-11(19(23)24)8-15(17(16)26-2)21-18(22)14-5-3-10-7-12(20)4-6-13(10)14/h4,6-9,14H,3,5H2,1-2H3,(H,21,22)(H,23,24). The lowest BCUT2D eigenvalue weighted by Gasteiger charge is -2.17. The fourth-order valence-electron chi connectivity index (χ4n) is 3.26. The fraction of sp³-hybridized carbons (Fsp3) is 0.263. The van der Waals surface area contributed by atoms with Gasteiger partial charge in [0.05, 0.1) is 31.4 Å². The summed E-state index contributed by atoms with van der Waals surface area (Å²) in [6.45, 7) is 0. The lowest BCUT2D eigenvalue weighted by molar-refractivity contribution is -0.117. The second-order valence-electron chi connectivity index (χ2n) is 5.99. The average molecular weight is 359 g/mol. The molecular weight excluding hydrogens is 341 g/mol. The third-order valence-corrected chi connectivity index (χ3v) is 4.48. The van der Waals surface area contributed by atoms with Crippen LogP contribution in [0.1, 0.15) is 33.8 Å². The molecule has 0 bridgehead atoms. The predicted octanol–water partition coefficient (Wildman–Crippen LogP) is 3.21. The number of carbonyl (C=O) groups is 2. The van der Waals surface area contributed by atoms with Crippen molar-refractivity contribution in [1.29, 1.82) is 0 Å².